The van der Waals surface area contributed by atoms with Gasteiger partial charge in [-0.1, -0.05) is 36.4 Å². The van der Waals surface area contributed by atoms with Gasteiger partial charge in [-0.2, -0.15) is 5.10 Å². The minimum atomic E-state index is -0.230. The fourth-order valence-corrected chi connectivity index (χ4v) is 2.24. The first-order valence-electron chi connectivity index (χ1n) is 7.42. The van der Waals surface area contributed by atoms with Gasteiger partial charge in [0.2, 0.25) is 0 Å². The number of nitrogens with one attached hydrogen (secondary N) is 2. The SMILES string of the molecule is Cc1ccccc1NC(=O)NCc1cnn(-c2ccccc2)c1. The Balaban J connectivity index is 1.58. The van der Waals surface area contributed by atoms with Crippen LogP contribution in [0, 0.1) is 6.92 Å². The summed E-state index contributed by atoms with van der Waals surface area (Å²) in [5.74, 6) is 0. The Labute approximate surface area is 135 Å². The van der Waals surface area contributed by atoms with Gasteiger partial charge in [0.05, 0.1) is 11.9 Å². The van der Waals surface area contributed by atoms with Crippen molar-refractivity contribution in [2.24, 2.45) is 0 Å². The third kappa shape index (κ3) is 3.77. The van der Waals surface area contributed by atoms with Gasteiger partial charge in [-0.25, -0.2) is 9.48 Å². The summed E-state index contributed by atoms with van der Waals surface area (Å²) in [5, 5.41) is 9.99. The molecule has 0 aliphatic carbocycles. The molecule has 5 nitrogen and oxygen atoms in total. The second-order valence-corrected chi connectivity index (χ2v) is 5.25. The number of carbonyl (C=O) groups is 1. The zero-order valence-electron chi connectivity index (χ0n) is 12.9. The molecule has 0 aliphatic heterocycles. The van der Waals surface area contributed by atoms with Crippen molar-refractivity contribution in [1.29, 1.82) is 0 Å². The highest BCUT2D eigenvalue weighted by atomic mass is 16.2. The summed E-state index contributed by atoms with van der Waals surface area (Å²) >= 11 is 0. The number of hydrogen-bond acceptors (Lipinski definition) is 2. The molecule has 5 heteroatoms. The molecule has 2 aromatic carbocycles. The molecule has 1 heterocycles. The summed E-state index contributed by atoms with van der Waals surface area (Å²) in [6.45, 7) is 2.38. The van der Waals surface area contributed by atoms with Crippen molar-refractivity contribution in [3.05, 3.63) is 78.1 Å². The van der Waals surface area contributed by atoms with E-state index in [2.05, 4.69) is 15.7 Å². The lowest BCUT2D eigenvalue weighted by atomic mass is 10.2. The number of aryl methyl sites for hydroxylation is 1. The van der Waals surface area contributed by atoms with Crippen LogP contribution in [0.3, 0.4) is 0 Å². The fourth-order valence-electron chi connectivity index (χ4n) is 2.24. The van der Waals surface area contributed by atoms with Gasteiger partial charge in [-0.3, -0.25) is 0 Å². The third-order valence-electron chi connectivity index (χ3n) is 3.50. The zero-order valence-corrected chi connectivity index (χ0v) is 12.9. The number of benzene rings is 2. The van der Waals surface area contributed by atoms with Gasteiger partial charge in [0.15, 0.2) is 0 Å². The molecular formula is C18H18N4O. The van der Waals surface area contributed by atoms with Crippen LogP contribution < -0.4 is 10.6 Å². The molecule has 116 valence electrons. The third-order valence-corrected chi connectivity index (χ3v) is 3.50. The number of nitrogens with zero attached hydrogens (tertiary/aromatic N) is 2. The molecule has 0 radical (unpaired) electrons. The quantitative estimate of drug-likeness (QED) is 0.775. The molecule has 3 rings (SSSR count). The minimum Gasteiger partial charge on any atom is -0.334 e. The van der Waals surface area contributed by atoms with Crippen LogP contribution >= 0.6 is 0 Å². The lowest BCUT2D eigenvalue weighted by Crippen LogP contribution is -2.28. The molecule has 2 N–H and O–H groups in total. The Bertz CT molecular complexity index is 796. The number of urea groups is 1. The normalized spacial score (nSPS) is 10.3. The van der Waals surface area contributed by atoms with Crippen LogP contribution in [0.15, 0.2) is 67.0 Å². The maximum absolute atomic E-state index is 12.0. The Morgan fingerprint density at radius 2 is 1.83 bits per heavy atom. The van der Waals surface area contributed by atoms with Gasteiger partial charge in [-0.15, -0.1) is 0 Å². The number of aromatic nitrogens is 2. The Kier molecular flexibility index (Phi) is 4.38. The molecule has 0 fully saturated rings. The van der Waals surface area contributed by atoms with Gasteiger partial charge in [0.1, 0.15) is 0 Å². The van der Waals surface area contributed by atoms with E-state index >= 15 is 0 Å². The summed E-state index contributed by atoms with van der Waals surface area (Å²) in [7, 11) is 0. The Hall–Kier alpha value is -3.08. The molecule has 3 aromatic rings. The maximum Gasteiger partial charge on any atom is 0.319 e. The van der Waals surface area contributed by atoms with Crippen molar-refractivity contribution in [1.82, 2.24) is 15.1 Å². The van der Waals surface area contributed by atoms with Crippen LogP contribution in [-0.4, -0.2) is 15.8 Å². The maximum atomic E-state index is 12.0. The molecule has 0 spiro atoms. The summed E-state index contributed by atoms with van der Waals surface area (Å²) in [4.78, 5) is 12.0. The van der Waals surface area contributed by atoms with E-state index < -0.39 is 0 Å². The van der Waals surface area contributed by atoms with Gasteiger partial charge in [0, 0.05) is 24.0 Å². The van der Waals surface area contributed by atoms with Crippen LogP contribution in [0.5, 0.6) is 0 Å². The number of carbonyl (C=O) groups excluding carboxylic acids is 1. The zero-order chi connectivity index (χ0) is 16.1. The van der Waals surface area contributed by atoms with Gasteiger partial charge in [-0.05, 0) is 30.7 Å². The largest absolute Gasteiger partial charge is 0.334 e. The first-order valence-corrected chi connectivity index (χ1v) is 7.42. The van der Waals surface area contributed by atoms with E-state index in [9.17, 15) is 4.79 Å². The predicted octanol–water partition coefficient (Wildman–Crippen LogP) is 3.50. The number of anilines is 1. The number of rotatable bonds is 4. The fraction of sp³-hybridized carbons (Fsp3) is 0.111. The van der Waals surface area contributed by atoms with E-state index in [4.69, 9.17) is 0 Å². The molecule has 0 atom stereocenters. The molecule has 1 aromatic heterocycles. The molecule has 0 aliphatic rings. The van der Waals surface area contributed by atoms with Crippen molar-refractivity contribution in [2.75, 3.05) is 5.32 Å². The number of para-hydroxylation sites is 2. The van der Waals surface area contributed by atoms with Crippen molar-refractivity contribution >= 4 is 11.7 Å². The Morgan fingerprint density at radius 3 is 2.61 bits per heavy atom. The number of amides is 2. The van der Waals surface area contributed by atoms with Crippen molar-refractivity contribution in [2.45, 2.75) is 13.5 Å². The van der Waals surface area contributed by atoms with Gasteiger partial charge in [0.25, 0.3) is 0 Å². The first kappa shape index (κ1) is 14.8. The van der Waals surface area contributed by atoms with E-state index in [-0.39, 0.29) is 6.03 Å². The molecular weight excluding hydrogens is 288 g/mol. The molecule has 0 unspecified atom stereocenters. The van der Waals surface area contributed by atoms with Crippen LogP contribution in [0.2, 0.25) is 0 Å². The highest BCUT2D eigenvalue weighted by molar-refractivity contribution is 5.89. The lowest BCUT2D eigenvalue weighted by molar-refractivity contribution is 0.251. The van der Waals surface area contributed by atoms with Crippen LogP contribution in [0.4, 0.5) is 10.5 Å². The average molecular weight is 306 g/mol. The van der Waals surface area contributed by atoms with E-state index in [1.807, 2.05) is 67.7 Å². The van der Waals surface area contributed by atoms with Crippen LogP contribution in [-0.2, 0) is 6.54 Å². The van der Waals surface area contributed by atoms with Crippen molar-refractivity contribution in [3.63, 3.8) is 0 Å². The van der Waals surface area contributed by atoms with E-state index in [0.29, 0.717) is 6.54 Å². The lowest BCUT2D eigenvalue weighted by Gasteiger charge is -2.08. The second kappa shape index (κ2) is 6.79. The van der Waals surface area contributed by atoms with E-state index in [0.717, 1.165) is 22.5 Å². The first-order chi connectivity index (χ1) is 11.2. The van der Waals surface area contributed by atoms with E-state index in [1.54, 1.807) is 10.9 Å². The molecule has 0 saturated carbocycles. The number of hydrogen-bond donors (Lipinski definition) is 2. The highest BCUT2D eigenvalue weighted by Crippen LogP contribution is 2.13. The molecule has 0 bridgehead atoms. The highest BCUT2D eigenvalue weighted by Gasteiger charge is 2.05. The predicted molar refractivity (Wildman–Crippen MR) is 90.6 cm³/mol. The standard InChI is InChI=1S/C18H18N4O/c1-14-7-5-6-10-17(14)21-18(23)19-11-15-12-20-22(13-15)16-8-3-2-4-9-16/h2-10,12-13H,11H2,1H3,(H2,19,21,23). The van der Waals surface area contributed by atoms with Gasteiger partial charge >= 0.3 is 6.03 Å². The topological polar surface area (TPSA) is 59.0 Å². The summed E-state index contributed by atoms with van der Waals surface area (Å²) in [6, 6.07) is 17.3. The minimum absolute atomic E-state index is 0.230. The smallest absolute Gasteiger partial charge is 0.319 e. The summed E-state index contributed by atoms with van der Waals surface area (Å²) < 4.78 is 1.79. The molecule has 0 saturated heterocycles. The monoisotopic (exact) mass is 306 g/mol. The Morgan fingerprint density at radius 1 is 1.09 bits per heavy atom. The average Bonchev–Trinajstić information content (AvgIpc) is 3.05. The van der Waals surface area contributed by atoms with E-state index in [1.165, 1.54) is 0 Å². The molecule has 2 amide bonds. The summed E-state index contributed by atoms with van der Waals surface area (Å²) in [5.41, 5.74) is 3.77. The van der Waals surface area contributed by atoms with Crippen molar-refractivity contribution in [3.8, 4) is 5.69 Å². The van der Waals surface area contributed by atoms with Crippen LogP contribution in [0.25, 0.3) is 5.69 Å². The van der Waals surface area contributed by atoms with Gasteiger partial charge < -0.3 is 10.6 Å². The summed E-state index contributed by atoms with van der Waals surface area (Å²) in [6.07, 6.45) is 3.66. The van der Waals surface area contributed by atoms with Crippen molar-refractivity contribution < 1.29 is 4.79 Å². The molecule has 23 heavy (non-hydrogen) atoms. The second-order valence-electron chi connectivity index (χ2n) is 5.25. The van der Waals surface area contributed by atoms with Crippen LogP contribution in [0.1, 0.15) is 11.1 Å².